The fourth-order valence-corrected chi connectivity index (χ4v) is 1.72. The highest BCUT2D eigenvalue weighted by Crippen LogP contribution is 2.02. The van der Waals surface area contributed by atoms with Crippen LogP contribution in [-0.4, -0.2) is 51.2 Å². The molecular weight excluding hydrogens is 264 g/mol. The van der Waals surface area contributed by atoms with Crippen molar-refractivity contribution in [3.05, 3.63) is 35.4 Å². The average molecular weight is 294 g/mol. The number of rotatable bonds is 8. The van der Waals surface area contributed by atoms with Gasteiger partial charge in [0.1, 0.15) is 0 Å². The highest BCUT2D eigenvalue weighted by atomic mass is 16.5. The smallest absolute Gasteiger partial charge is 0.251 e. The Morgan fingerprint density at radius 2 is 1.81 bits per heavy atom. The maximum absolute atomic E-state index is 11.8. The van der Waals surface area contributed by atoms with Gasteiger partial charge in [-0.2, -0.15) is 0 Å². The minimum atomic E-state index is -0.000422. The van der Waals surface area contributed by atoms with E-state index < -0.39 is 0 Å². The summed E-state index contributed by atoms with van der Waals surface area (Å²) in [6.45, 7) is 9.33. The lowest BCUT2D eigenvalue weighted by atomic mass is 10.1. The highest BCUT2D eigenvalue weighted by Gasteiger charge is 2.04. The first-order valence-electron chi connectivity index (χ1n) is 7.66. The summed E-state index contributed by atoms with van der Waals surface area (Å²) < 4.78 is 5.01. The molecule has 0 spiro atoms. The molecule has 0 saturated heterocycles. The third kappa shape index (κ3) is 9.21. The second-order valence-electron chi connectivity index (χ2n) is 4.77. The Morgan fingerprint density at radius 3 is 2.38 bits per heavy atom. The Kier molecular flexibility index (Phi) is 11.5. The Bertz CT molecular complexity index is 377. The second kappa shape index (κ2) is 12.4. The van der Waals surface area contributed by atoms with E-state index in [0.717, 1.165) is 37.2 Å². The molecule has 0 aromatic heterocycles. The van der Waals surface area contributed by atoms with Crippen molar-refractivity contribution in [2.24, 2.45) is 0 Å². The maximum atomic E-state index is 11.8. The van der Waals surface area contributed by atoms with Gasteiger partial charge in [0.2, 0.25) is 0 Å². The van der Waals surface area contributed by atoms with E-state index in [4.69, 9.17) is 4.74 Å². The van der Waals surface area contributed by atoms with Gasteiger partial charge in [-0.25, -0.2) is 0 Å². The van der Waals surface area contributed by atoms with E-state index >= 15 is 0 Å². The summed E-state index contributed by atoms with van der Waals surface area (Å²) in [6, 6.07) is 7.62. The van der Waals surface area contributed by atoms with E-state index in [9.17, 15) is 4.79 Å². The number of nitrogens with zero attached hydrogens (tertiary/aromatic N) is 1. The molecule has 0 atom stereocenters. The van der Waals surface area contributed by atoms with Crippen LogP contribution in [0.2, 0.25) is 0 Å². The zero-order valence-electron chi connectivity index (χ0n) is 14.1. The van der Waals surface area contributed by atoms with Crippen LogP contribution in [0, 0.1) is 6.92 Å². The molecule has 120 valence electrons. The Hall–Kier alpha value is -1.39. The van der Waals surface area contributed by atoms with Crippen molar-refractivity contribution in [2.75, 3.05) is 40.4 Å². The molecule has 0 bridgehead atoms. The lowest BCUT2D eigenvalue weighted by Crippen LogP contribution is -2.29. The fourth-order valence-electron chi connectivity index (χ4n) is 1.72. The largest absolute Gasteiger partial charge is 0.383 e. The number of amides is 1. The molecule has 0 radical (unpaired) electrons. The van der Waals surface area contributed by atoms with E-state index in [1.165, 1.54) is 0 Å². The highest BCUT2D eigenvalue weighted by molar-refractivity contribution is 5.94. The van der Waals surface area contributed by atoms with E-state index in [0.29, 0.717) is 6.54 Å². The van der Waals surface area contributed by atoms with Gasteiger partial charge in [0, 0.05) is 25.8 Å². The maximum Gasteiger partial charge on any atom is 0.251 e. The van der Waals surface area contributed by atoms with Crippen LogP contribution in [-0.2, 0) is 4.74 Å². The molecule has 0 aliphatic rings. The molecule has 0 unspecified atom stereocenters. The summed E-state index contributed by atoms with van der Waals surface area (Å²) in [5, 5.41) is 2.93. The number of carbonyl (C=O) groups excluding carboxylic acids is 1. The third-order valence-corrected chi connectivity index (χ3v) is 2.99. The minimum absolute atomic E-state index is 0.000422. The van der Waals surface area contributed by atoms with Gasteiger partial charge in [0.25, 0.3) is 5.91 Å². The lowest BCUT2D eigenvalue weighted by Gasteiger charge is -2.15. The van der Waals surface area contributed by atoms with Crippen molar-refractivity contribution in [1.82, 2.24) is 10.2 Å². The SMILES string of the molecule is CC.COCCN(C)CCCNC(=O)c1ccc(C)cc1. The summed E-state index contributed by atoms with van der Waals surface area (Å²) in [4.78, 5) is 14.0. The average Bonchev–Trinajstić information content (AvgIpc) is 2.52. The predicted molar refractivity (Wildman–Crippen MR) is 88.9 cm³/mol. The van der Waals surface area contributed by atoms with Crippen LogP contribution in [0.5, 0.6) is 0 Å². The minimum Gasteiger partial charge on any atom is -0.383 e. The van der Waals surface area contributed by atoms with E-state index in [2.05, 4.69) is 17.3 Å². The number of hydrogen-bond donors (Lipinski definition) is 1. The standard InChI is InChI=1S/C15H24N2O2.C2H6/c1-13-5-7-14(8-6-13)15(18)16-9-4-10-17(2)11-12-19-3;1-2/h5-8H,4,9-12H2,1-3H3,(H,16,18);1-2H3. The van der Waals surface area contributed by atoms with Gasteiger partial charge >= 0.3 is 0 Å². The van der Waals surface area contributed by atoms with Crippen LogP contribution < -0.4 is 5.32 Å². The number of nitrogens with one attached hydrogen (secondary N) is 1. The number of benzene rings is 1. The summed E-state index contributed by atoms with van der Waals surface area (Å²) in [6.07, 6.45) is 0.942. The van der Waals surface area contributed by atoms with Crippen molar-refractivity contribution < 1.29 is 9.53 Å². The van der Waals surface area contributed by atoms with E-state index in [1.807, 2.05) is 45.0 Å². The molecule has 21 heavy (non-hydrogen) atoms. The molecule has 1 N–H and O–H groups in total. The normalized spacial score (nSPS) is 10.0. The number of methoxy groups -OCH3 is 1. The summed E-state index contributed by atoms with van der Waals surface area (Å²) in [5.74, 6) is -0.000422. The molecule has 0 fully saturated rings. The molecule has 4 nitrogen and oxygen atoms in total. The third-order valence-electron chi connectivity index (χ3n) is 2.99. The van der Waals surface area contributed by atoms with Gasteiger partial charge in [-0.15, -0.1) is 0 Å². The molecule has 0 heterocycles. The Labute approximate surface area is 129 Å². The first-order chi connectivity index (χ1) is 10.1. The molecule has 0 aliphatic carbocycles. The van der Waals surface area contributed by atoms with Gasteiger partial charge in [-0.3, -0.25) is 4.79 Å². The van der Waals surface area contributed by atoms with Crippen LogP contribution in [0.15, 0.2) is 24.3 Å². The molecule has 1 amide bonds. The van der Waals surface area contributed by atoms with Crippen molar-refractivity contribution >= 4 is 5.91 Å². The van der Waals surface area contributed by atoms with Crippen LogP contribution in [0.1, 0.15) is 36.2 Å². The molecule has 1 aromatic carbocycles. The van der Waals surface area contributed by atoms with Gasteiger partial charge in [-0.1, -0.05) is 31.5 Å². The predicted octanol–water partition coefficient (Wildman–Crippen LogP) is 2.72. The number of likely N-dealkylation sites (N-methyl/N-ethyl adjacent to an activating group) is 1. The van der Waals surface area contributed by atoms with Crippen molar-refractivity contribution in [2.45, 2.75) is 27.2 Å². The van der Waals surface area contributed by atoms with Crippen molar-refractivity contribution in [1.29, 1.82) is 0 Å². The van der Waals surface area contributed by atoms with E-state index in [1.54, 1.807) is 7.11 Å². The number of ether oxygens (including phenoxy) is 1. The molecule has 0 saturated carbocycles. The van der Waals surface area contributed by atoms with Crippen molar-refractivity contribution in [3.63, 3.8) is 0 Å². The number of hydrogen-bond acceptors (Lipinski definition) is 3. The van der Waals surface area contributed by atoms with Crippen LogP contribution in [0.25, 0.3) is 0 Å². The quantitative estimate of drug-likeness (QED) is 0.750. The van der Waals surface area contributed by atoms with Gasteiger partial charge in [0.15, 0.2) is 0 Å². The Morgan fingerprint density at radius 1 is 1.19 bits per heavy atom. The summed E-state index contributed by atoms with van der Waals surface area (Å²) in [7, 11) is 3.76. The molecular formula is C17H30N2O2. The van der Waals surface area contributed by atoms with Gasteiger partial charge in [0.05, 0.1) is 6.61 Å². The topological polar surface area (TPSA) is 41.6 Å². The number of carbonyl (C=O) groups is 1. The summed E-state index contributed by atoms with van der Waals surface area (Å²) >= 11 is 0. The lowest BCUT2D eigenvalue weighted by molar-refractivity contribution is 0.0951. The van der Waals surface area contributed by atoms with Crippen LogP contribution in [0.4, 0.5) is 0 Å². The second-order valence-corrected chi connectivity index (χ2v) is 4.77. The van der Waals surface area contributed by atoms with Crippen LogP contribution in [0.3, 0.4) is 0 Å². The zero-order valence-corrected chi connectivity index (χ0v) is 14.1. The zero-order chi connectivity index (χ0) is 16.1. The molecule has 0 aliphatic heterocycles. The monoisotopic (exact) mass is 294 g/mol. The van der Waals surface area contributed by atoms with Crippen LogP contribution >= 0.6 is 0 Å². The first kappa shape index (κ1) is 19.6. The van der Waals surface area contributed by atoms with Crippen molar-refractivity contribution in [3.8, 4) is 0 Å². The molecule has 4 heteroatoms. The van der Waals surface area contributed by atoms with E-state index in [-0.39, 0.29) is 5.91 Å². The molecule has 1 rings (SSSR count). The first-order valence-corrected chi connectivity index (χ1v) is 7.66. The van der Waals surface area contributed by atoms with Gasteiger partial charge < -0.3 is 15.0 Å². The number of aryl methyl sites for hydroxylation is 1. The molecule has 1 aromatic rings. The Balaban J connectivity index is 0.00000191. The van der Waals surface area contributed by atoms with Gasteiger partial charge in [-0.05, 0) is 39.1 Å². The fraction of sp³-hybridized carbons (Fsp3) is 0.588. The summed E-state index contributed by atoms with van der Waals surface area (Å²) in [5.41, 5.74) is 1.88.